The van der Waals surface area contributed by atoms with Gasteiger partial charge in [-0.05, 0) is 227 Å². The van der Waals surface area contributed by atoms with E-state index in [0.717, 1.165) is 51.4 Å². The van der Waals surface area contributed by atoms with Crippen LogP contribution in [0, 0.1) is 103 Å². The van der Waals surface area contributed by atoms with Crippen molar-refractivity contribution >= 4 is 33.4 Å². The van der Waals surface area contributed by atoms with Crippen LogP contribution in [0.5, 0.6) is 0 Å². The number of carboxylic acid groups (broad SMARTS) is 1. The Morgan fingerprint density at radius 1 is 0.703 bits per heavy atom. The van der Waals surface area contributed by atoms with E-state index >= 15 is 0 Å². The number of nitrogens with zero attached hydrogens (tertiary/aromatic N) is 1. The van der Waals surface area contributed by atoms with Crippen molar-refractivity contribution in [3.05, 3.63) is 39.4 Å². The first kappa shape index (κ1) is 59.0. The summed E-state index contributed by atoms with van der Waals surface area (Å²) in [5, 5.41) is 46.3. The number of carbonyl (C=O) groups is 3. The molecular formula is C60H97N2O11P. The average Bonchev–Trinajstić information content (AvgIpc) is 3.91. The number of aliphatic carboxylic acids is 1. The van der Waals surface area contributed by atoms with Crippen LogP contribution >= 0.6 is 9.90 Å². The fourth-order valence-electron chi connectivity index (χ4n) is 19.3. The standard InChI is InChI=1S/C35H52N2O7.C25H42O4.H3P/c1-6-36-33(40)22-8-9-23(29(17-22)37(41)42)20-44-31(39)12-7-21(2)26-10-11-27-32-28(14-16-35(26,27)4)34(3)15-13-25(43-5)18-24(34)19-30(32)38;1-15(5-8-22(27)28)18-6-7-19-23-20(10-12-25(18,19)3)24(2)11-9-17(29-4)13-16(24)14-21(23)26;/h8-9,17,21,24-28,30,32,38H,6-7,10-16,18-20H2,1-5H3,(H,36,40);15-21,23,26H,5-14H2,1-4H3,(H,27,28);1H3/t21-,24-,25+,26?,27?,28?,30+,32?,34-,35+;15-,16-,17+,18?,19?,20?,21+,23?,24-,25+;/m00./s1. The molecule has 21 atom stereocenters. The fraction of sp³-hybridized carbons (Fsp3) is 0.850. The molecule has 9 unspecified atom stereocenters. The SMILES string of the molecule is CCNC(=O)c1ccc(COC(=O)CC[C@H](C)C2CCC3C4C(CC[C@@]32C)[C@@]2(C)CC[C@@H](OC)C[C@H]2C[C@H]4O)c([N+](=O)[O-])c1.CO[C@@H]1CC[C@]2(C)C3CC[C@@]4(C)C(CCC4[C@@H](C)CCC(=O)O)C3[C@H](O)C[C@@H]2C1.P. The van der Waals surface area contributed by atoms with Crippen molar-refractivity contribution in [2.45, 2.75) is 208 Å². The van der Waals surface area contributed by atoms with Gasteiger partial charge < -0.3 is 34.8 Å². The highest BCUT2D eigenvalue weighted by molar-refractivity contribution is 6.92. The number of rotatable bonds is 15. The molecule has 0 spiro atoms. The van der Waals surface area contributed by atoms with E-state index in [2.05, 4.69) is 46.9 Å². The van der Waals surface area contributed by atoms with Gasteiger partial charge in [-0.25, -0.2) is 0 Å². The van der Waals surface area contributed by atoms with Crippen molar-refractivity contribution in [1.29, 1.82) is 0 Å². The third kappa shape index (κ3) is 11.1. The van der Waals surface area contributed by atoms with Crippen LogP contribution in [0.3, 0.4) is 0 Å². The second kappa shape index (κ2) is 23.7. The molecule has 1 aromatic rings. The van der Waals surface area contributed by atoms with E-state index in [9.17, 15) is 34.7 Å². The third-order valence-corrected chi connectivity index (χ3v) is 23.3. The van der Waals surface area contributed by atoms with Gasteiger partial charge in [-0.2, -0.15) is 9.90 Å². The van der Waals surface area contributed by atoms with E-state index < -0.39 is 10.9 Å². The van der Waals surface area contributed by atoms with Gasteiger partial charge in [0.15, 0.2) is 0 Å². The summed E-state index contributed by atoms with van der Waals surface area (Å²) in [6, 6.07) is 4.24. The number of aliphatic hydroxyl groups is 2. The lowest BCUT2D eigenvalue weighted by Crippen LogP contribution is -2.58. The summed E-state index contributed by atoms with van der Waals surface area (Å²) in [6.45, 7) is 16.5. The molecule has 8 fully saturated rings. The molecule has 418 valence electrons. The van der Waals surface area contributed by atoms with Crippen molar-refractivity contribution in [2.24, 2.45) is 92.7 Å². The first-order chi connectivity index (χ1) is 34.6. The number of benzene rings is 1. The Labute approximate surface area is 446 Å². The third-order valence-electron chi connectivity index (χ3n) is 23.3. The number of amides is 1. The Balaban J connectivity index is 0.000000231. The van der Waals surface area contributed by atoms with Crippen molar-refractivity contribution in [1.82, 2.24) is 5.32 Å². The summed E-state index contributed by atoms with van der Waals surface area (Å²) in [7, 11) is 3.66. The van der Waals surface area contributed by atoms with Crippen LogP contribution in [0.15, 0.2) is 18.2 Å². The fourth-order valence-corrected chi connectivity index (χ4v) is 19.3. The summed E-state index contributed by atoms with van der Waals surface area (Å²) < 4.78 is 16.9. The van der Waals surface area contributed by atoms with Crippen LogP contribution in [0.4, 0.5) is 5.69 Å². The van der Waals surface area contributed by atoms with Crippen molar-refractivity contribution < 1.29 is 48.8 Å². The number of nitro benzene ring substituents is 1. The lowest BCUT2D eigenvalue weighted by atomic mass is 9.43. The molecule has 0 heterocycles. The van der Waals surface area contributed by atoms with Crippen LogP contribution < -0.4 is 5.32 Å². The normalized spacial score (nSPS) is 41.6. The number of nitro groups is 1. The number of aliphatic hydroxyl groups excluding tert-OH is 2. The topological polar surface area (TPSA) is 195 Å². The molecule has 13 nitrogen and oxygen atoms in total. The molecule has 0 aliphatic heterocycles. The molecule has 9 rings (SSSR count). The smallest absolute Gasteiger partial charge is 0.306 e. The van der Waals surface area contributed by atoms with Gasteiger partial charge in [-0.3, -0.25) is 24.5 Å². The molecule has 1 aromatic carbocycles. The zero-order valence-electron chi connectivity index (χ0n) is 46.8. The number of esters is 1. The Hall–Kier alpha value is -2.70. The van der Waals surface area contributed by atoms with Crippen LogP contribution in [-0.4, -0.2) is 83.3 Å². The largest absolute Gasteiger partial charge is 0.481 e. The number of fused-ring (bicyclic) bond motifs is 10. The quantitative estimate of drug-likeness (QED) is 0.0565. The number of carbonyl (C=O) groups excluding carboxylic acids is 2. The van der Waals surface area contributed by atoms with Gasteiger partial charge in [0.1, 0.15) is 6.61 Å². The van der Waals surface area contributed by atoms with Gasteiger partial charge in [0.25, 0.3) is 11.6 Å². The Morgan fingerprint density at radius 3 is 1.61 bits per heavy atom. The van der Waals surface area contributed by atoms with Crippen LogP contribution in [0.2, 0.25) is 0 Å². The van der Waals surface area contributed by atoms with Gasteiger partial charge in [0.05, 0.1) is 34.9 Å². The average molecular weight is 1050 g/mol. The minimum Gasteiger partial charge on any atom is -0.481 e. The van der Waals surface area contributed by atoms with Gasteiger partial charge in [0.2, 0.25) is 0 Å². The second-order valence-corrected chi connectivity index (χ2v) is 26.4. The summed E-state index contributed by atoms with van der Waals surface area (Å²) in [4.78, 5) is 47.1. The number of nitrogens with one attached hydrogen (secondary N) is 1. The van der Waals surface area contributed by atoms with Crippen LogP contribution in [-0.2, 0) is 30.4 Å². The highest BCUT2D eigenvalue weighted by Gasteiger charge is 2.65. The molecule has 8 aliphatic carbocycles. The Bertz CT molecular complexity index is 2140. The molecule has 74 heavy (non-hydrogen) atoms. The number of hydrogen-bond donors (Lipinski definition) is 4. The first-order valence-electron chi connectivity index (χ1n) is 29.0. The highest BCUT2D eigenvalue weighted by Crippen LogP contribution is 2.70. The molecule has 1 amide bonds. The Morgan fingerprint density at radius 2 is 1.16 bits per heavy atom. The van der Waals surface area contributed by atoms with E-state index in [1.54, 1.807) is 6.92 Å². The van der Waals surface area contributed by atoms with Crippen molar-refractivity contribution in [3.63, 3.8) is 0 Å². The van der Waals surface area contributed by atoms with Gasteiger partial charge in [0, 0.05) is 45.2 Å². The Kier molecular flexibility index (Phi) is 18.9. The molecule has 14 heteroatoms. The van der Waals surface area contributed by atoms with Crippen LogP contribution in [0.1, 0.15) is 193 Å². The lowest BCUT2D eigenvalue weighted by molar-refractivity contribution is -0.385. The molecule has 8 saturated carbocycles. The highest BCUT2D eigenvalue weighted by atomic mass is 31.0. The maximum atomic E-state index is 12.8. The maximum Gasteiger partial charge on any atom is 0.306 e. The molecule has 8 aliphatic rings. The van der Waals surface area contributed by atoms with E-state index in [-0.39, 0.29) is 86.5 Å². The predicted octanol–water partition coefficient (Wildman–Crippen LogP) is 11.6. The van der Waals surface area contributed by atoms with Crippen molar-refractivity contribution in [2.75, 3.05) is 20.8 Å². The minimum atomic E-state index is -0.673. The molecule has 0 saturated heterocycles. The molecule has 4 N–H and O–H groups in total. The second-order valence-electron chi connectivity index (χ2n) is 26.4. The summed E-state index contributed by atoms with van der Waals surface area (Å²) in [6.07, 6.45) is 20.6. The van der Waals surface area contributed by atoms with E-state index in [4.69, 9.17) is 19.3 Å². The van der Waals surface area contributed by atoms with E-state index in [1.165, 1.54) is 76.0 Å². The molecular weight excluding hydrogens is 956 g/mol. The number of methoxy groups -OCH3 is 2. The summed E-state index contributed by atoms with van der Waals surface area (Å²) >= 11 is 0. The number of hydrogen-bond acceptors (Lipinski definition) is 10. The van der Waals surface area contributed by atoms with Gasteiger partial charge in [-0.1, -0.05) is 41.5 Å². The minimum absolute atomic E-state index is 0. The zero-order chi connectivity index (χ0) is 52.8. The van der Waals surface area contributed by atoms with Crippen molar-refractivity contribution in [3.8, 4) is 0 Å². The zero-order valence-corrected chi connectivity index (χ0v) is 48.2. The van der Waals surface area contributed by atoms with Gasteiger partial charge in [-0.15, -0.1) is 0 Å². The molecule has 0 radical (unpaired) electrons. The first-order valence-corrected chi connectivity index (χ1v) is 29.0. The lowest BCUT2D eigenvalue weighted by Gasteiger charge is -2.62. The van der Waals surface area contributed by atoms with E-state index in [1.807, 2.05) is 14.2 Å². The summed E-state index contributed by atoms with van der Waals surface area (Å²) in [5.41, 5.74) is 1.31. The number of ether oxygens (including phenoxy) is 3. The summed E-state index contributed by atoms with van der Waals surface area (Å²) in [5.74, 6) is 4.70. The molecule has 0 bridgehead atoms. The maximum absolute atomic E-state index is 12.8. The van der Waals surface area contributed by atoms with Gasteiger partial charge >= 0.3 is 11.9 Å². The van der Waals surface area contributed by atoms with E-state index in [0.29, 0.717) is 102 Å². The predicted molar refractivity (Wildman–Crippen MR) is 291 cm³/mol. The van der Waals surface area contributed by atoms with Crippen LogP contribution in [0.25, 0.3) is 0 Å². The monoisotopic (exact) mass is 1050 g/mol. The molecule has 0 aromatic heterocycles. The number of carboxylic acids is 1.